The Labute approximate surface area is 157 Å². The molecule has 0 aliphatic carbocycles. The van der Waals surface area contributed by atoms with Crippen molar-refractivity contribution < 1.29 is 9.47 Å². The zero-order valence-electron chi connectivity index (χ0n) is 15.8. The first-order valence-corrected chi connectivity index (χ1v) is 10.0. The summed E-state index contributed by atoms with van der Waals surface area (Å²) in [6.45, 7) is 8.02. The Morgan fingerprint density at radius 1 is 1.04 bits per heavy atom. The average Bonchev–Trinajstić information content (AvgIpc) is 2.61. The summed E-state index contributed by atoms with van der Waals surface area (Å²) in [5.74, 6) is 3.06. The molecule has 0 aliphatic heterocycles. The van der Waals surface area contributed by atoms with Crippen LogP contribution >= 0.6 is 11.6 Å². The second kappa shape index (κ2) is 10.6. The Morgan fingerprint density at radius 3 is 2.64 bits per heavy atom. The summed E-state index contributed by atoms with van der Waals surface area (Å²) < 4.78 is 11.9. The summed E-state index contributed by atoms with van der Waals surface area (Å²) in [7, 11) is 0. The second-order valence-corrected chi connectivity index (χ2v) is 7.25. The van der Waals surface area contributed by atoms with Crippen LogP contribution in [0, 0.1) is 12.8 Å². The maximum atomic E-state index is 6.00. The zero-order valence-corrected chi connectivity index (χ0v) is 16.6. The summed E-state index contributed by atoms with van der Waals surface area (Å²) >= 11 is 5.80. The van der Waals surface area contributed by atoms with Crippen molar-refractivity contribution in [3.63, 3.8) is 0 Å². The number of benzene rings is 2. The van der Waals surface area contributed by atoms with Gasteiger partial charge in [0.15, 0.2) is 0 Å². The van der Waals surface area contributed by atoms with Crippen molar-refractivity contribution in [3.8, 4) is 11.5 Å². The molecule has 0 saturated carbocycles. The first-order chi connectivity index (χ1) is 12.2. The SMILES string of the molecule is CCCCCCOc1ccc2c(C)c(OCC(C)CCCl)ccc2c1. The Balaban J connectivity index is 2.00. The van der Waals surface area contributed by atoms with E-state index in [2.05, 4.69) is 51.1 Å². The molecule has 0 heterocycles. The first-order valence-electron chi connectivity index (χ1n) is 9.50. The van der Waals surface area contributed by atoms with Gasteiger partial charge in [-0.15, -0.1) is 11.6 Å². The molecule has 0 radical (unpaired) electrons. The molecular weight excluding hydrogens is 332 g/mol. The summed E-state index contributed by atoms with van der Waals surface area (Å²) in [4.78, 5) is 0. The normalized spacial score (nSPS) is 12.3. The average molecular weight is 363 g/mol. The zero-order chi connectivity index (χ0) is 18.1. The van der Waals surface area contributed by atoms with Gasteiger partial charge in [0.25, 0.3) is 0 Å². The molecule has 3 heteroatoms. The number of fused-ring (bicyclic) bond motifs is 1. The van der Waals surface area contributed by atoms with E-state index in [1.165, 1.54) is 35.6 Å². The number of rotatable bonds is 11. The van der Waals surface area contributed by atoms with Crippen molar-refractivity contribution in [1.82, 2.24) is 0 Å². The third kappa shape index (κ3) is 6.11. The summed E-state index contributed by atoms with van der Waals surface area (Å²) in [6.07, 6.45) is 5.88. The minimum Gasteiger partial charge on any atom is -0.494 e. The molecule has 2 nitrogen and oxygen atoms in total. The Hall–Kier alpha value is -1.41. The van der Waals surface area contributed by atoms with E-state index in [1.807, 2.05) is 0 Å². The van der Waals surface area contributed by atoms with Gasteiger partial charge in [-0.1, -0.05) is 45.2 Å². The van der Waals surface area contributed by atoms with Crippen molar-refractivity contribution in [3.05, 3.63) is 35.9 Å². The van der Waals surface area contributed by atoms with Crippen molar-refractivity contribution in [2.75, 3.05) is 19.1 Å². The molecule has 25 heavy (non-hydrogen) atoms. The maximum Gasteiger partial charge on any atom is 0.122 e. The number of ether oxygens (including phenoxy) is 2. The predicted molar refractivity (Wildman–Crippen MR) is 108 cm³/mol. The molecule has 0 spiro atoms. The summed E-state index contributed by atoms with van der Waals surface area (Å²) in [6, 6.07) is 10.5. The van der Waals surface area contributed by atoms with Crippen LogP contribution in [-0.2, 0) is 0 Å². The second-order valence-electron chi connectivity index (χ2n) is 6.87. The van der Waals surface area contributed by atoms with Crippen LogP contribution < -0.4 is 9.47 Å². The van der Waals surface area contributed by atoms with E-state index >= 15 is 0 Å². The van der Waals surface area contributed by atoms with Crippen LogP contribution in [-0.4, -0.2) is 19.1 Å². The standard InChI is InChI=1S/C22H31ClO2/c1-4-5-6-7-14-24-20-9-10-21-18(3)22(11-8-19(21)15-20)25-16-17(2)12-13-23/h8-11,15,17H,4-7,12-14,16H2,1-3H3. The lowest BCUT2D eigenvalue weighted by molar-refractivity contribution is 0.256. The summed E-state index contributed by atoms with van der Waals surface area (Å²) in [5.41, 5.74) is 1.19. The molecule has 1 unspecified atom stereocenters. The third-order valence-electron chi connectivity index (χ3n) is 4.60. The van der Waals surface area contributed by atoms with Crippen LogP contribution in [0.15, 0.2) is 30.3 Å². The highest BCUT2D eigenvalue weighted by atomic mass is 35.5. The van der Waals surface area contributed by atoms with Crippen LogP contribution in [0.25, 0.3) is 10.8 Å². The van der Waals surface area contributed by atoms with Gasteiger partial charge in [-0.2, -0.15) is 0 Å². The van der Waals surface area contributed by atoms with Gasteiger partial charge < -0.3 is 9.47 Å². The van der Waals surface area contributed by atoms with Gasteiger partial charge in [-0.3, -0.25) is 0 Å². The van der Waals surface area contributed by atoms with Gasteiger partial charge in [0, 0.05) is 5.88 Å². The monoisotopic (exact) mass is 362 g/mol. The minimum absolute atomic E-state index is 0.469. The minimum atomic E-state index is 0.469. The number of hydrogen-bond acceptors (Lipinski definition) is 2. The van der Waals surface area contributed by atoms with Gasteiger partial charge in [0.2, 0.25) is 0 Å². The fourth-order valence-electron chi connectivity index (χ4n) is 2.91. The molecule has 0 fully saturated rings. The lowest BCUT2D eigenvalue weighted by atomic mass is 10.0. The molecule has 0 aromatic heterocycles. The smallest absolute Gasteiger partial charge is 0.122 e. The van der Waals surface area contributed by atoms with E-state index in [9.17, 15) is 0 Å². The van der Waals surface area contributed by atoms with Gasteiger partial charge in [-0.25, -0.2) is 0 Å². The topological polar surface area (TPSA) is 18.5 Å². The van der Waals surface area contributed by atoms with E-state index in [0.717, 1.165) is 30.9 Å². The van der Waals surface area contributed by atoms with Crippen molar-refractivity contribution in [2.24, 2.45) is 5.92 Å². The van der Waals surface area contributed by atoms with E-state index in [0.29, 0.717) is 18.4 Å². The lowest BCUT2D eigenvalue weighted by Crippen LogP contribution is -2.09. The molecule has 0 N–H and O–H groups in total. The Kier molecular flexibility index (Phi) is 8.40. The number of hydrogen-bond donors (Lipinski definition) is 0. The third-order valence-corrected chi connectivity index (χ3v) is 4.82. The first kappa shape index (κ1) is 19.9. The van der Waals surface area contributed by atoms with Crippen molar-refractivity contribution in [1.29, 1.82) is 0 Å². The number of aryl methyl sites for hydroxylation is 1. The van der Waals surface area contributed by atoms with Gasteiger partial charge in [0.05, 0.1) is 13.2 Å². The Morgan fingerprint density at radius 2 is 1.88 bits per heavy atom. The highest BCUT2D eigenvalue weighted by Gasteiger charge is 2.08. The van der Waals surface area contributed by atoms with E-state index < -0.39 is 0 Å². The molecule has 0 aliphatic rings. The van der Waals surface area contributed by atoms with Crippen LogP contribution in [0.4, 0.5) is 0 Å². The van der Waals surface area contributed by atoms with Gasteiger partial charge in [0.1, 0.15) is 11.5 Å². The fourth-order valence-corrected chi connectivity index (χ4v) is 3.28. The number of unbranched alkanes of at least 4 members (excludes halogenated alkanes) is 3. The quantitative estimate of drug-likeness (QED) is 0.325. The predicted octanol–water partition coefficient (Wildman–Crippen LogP) is 6.75. The molecule has 1 atom stereocenters. The summed E-state index contributed by atoms with van der Waals surface area (Å²) in [5, 5.41) is 2.42. The molecule has 0 bridgehead atoms. The fraction of sp³-hybridized carbons (Fsp3) is 0.545. The molecular formula is C22H31ClO2. The van der Waals surface area contributed by atoms with Crippen LogP contribution in [0.5, 0.6) is 11.5 Å². The number of halogens is 1. The van der Waals surface area contributed by atoms with Crippen molar-refractivity contribution in [2.45, 2.75) is 52.9 Å². The molecule has 138 valence electrons. The highest BCUT2D eigenvalue weighted by molar-refractivity contribution is 6.17. The Bertz CT molecular complexity index is 654. The number of alkyl halides is 1. The van der Waals surface area contributed by atoms with Crippen LogP contribution in [0.3, 0.4) is 0 Å². The maximum absolute atomic E-state index is 6.00. The molecule has 2 rings (SSSR count). The highest BCUT2D eigenvalue weighted by Crippen LogP contribution is 2.30. The van der Waals surface area contributed by atoms with Crippen LogP contribution in [0.2, 0.25) is 0 Å². The van der Waals surface area contributed by atoms with Gasteiger partial charge >= 0.3 is 0 Å². The lowest BCUT2D eigenvalue weighted by Gasteiger charge is -2.15. The van der Waals surface area contributed by atoms with Crippen molar-refractivity contribution >= 4 is 22.4 Å². The largest absolute Gasteiger partial charge is 0.494 e. The van der Waals surface area contributed by atoms with Gasteiger partial charge in [-0.05, 0) is 60.2 Å². The van der Waals surface area contributed by atoms with Crippen LogP contribution in [0.1, 0.15) is 51.5 Å². The van der Waals surface area contributed by atoms with E-state index in [4.69, 9.17) is 21.1 Å². The molecule has 0 amide bonds. The molecule has 0 saturated heterocycles. The molecule has 2 aromatic carbocycles. The van der Waals surface area contributed by atoms with E-state index in [-0.39, 0.29) is 0 Å². The molecule has 2 aromatic rings. The van der Waals surface area contributed by atoms with E-state index in [1.54, 1.807) is 0 Å².